The lowest BCUT2D eigenvalue weighted by Crippen LogP contribution is -2.12. The summed E-state index contributed by atoms with van der Waals surface area (Å²) in [4.78, 5) is 11.2. The Morgan fingerprint density at radius 1 is 1.32 bits per heavy atom. The van der Waals surface area contributed by atoms with Gasteiger partial charge in [-0.1, -0.05) is 6.07 Å². The van der Waals surface area contributed by atoms with Gasteiger partial charge in [0.05, 0.1) is 10.6 Å². The standard InChI is InChI=1S/C11H12N4O3S/c1-19(17,18)8-4-2-3-7(5-8)15-10(12)6-9(14-15)11(13)16/h2-6H,12H2,1H3,(H2,13,16). The van der Waals surface area contributed by atoms with Gasteiger partial charge in [-0.15, -0.1) is 0 Å². The molecule has 0 saturated heterocycles. The Morgan fingerprint density at radius 3 is 2.53 bits per heavy atom. The van der Waals surface area contributed by atoms with Crippen LogP contribution in [0.3, 0.4) is 0 Å². The summed E-state index contributed by atoms with van der Waals surface area (Å²) in [6, 6.07) is 7.41. The molecule has 19 heavy (non-hydrogen) atoms. The zero-order chi connectivity index (χ0) is 14.2. The number of nitrogens with zero attached hydrogens (tertiary/aromatic N) is 2. The van der Waals surface area contributed by atoms with E-state index in [1.54, 1.807) is 12.1 Å². The number of aromatic nitrogens is 2. The Morgan fingerprint density at radius 2 is 2.00 bits per heavy atom. The SMILES string of the molecule is CS(=O)(=O)c1cccc(-n2nc(C(N)=O)cc2N)c1. The average Bonchev–Trinajstić information content (AvgIpc) is 2.71. The van der Waals surface area contributed by atoms with Crippen LogP contribution >= 0.6 is 0 Å². The van der Waals surface area contributed by atoms with E-state index in [0.717, 1.165) is 6.26 Å². The van der Waals surface area contributed by atoms with Crippen LogP contribution < -0.4 is 11.5 Å². The minimum absolute atomic E-state index is 0.0160. The van der Waals surface area contributed by atoms with E-state index in [0.29, 0.717) is 5.69 Å². The second-order valence-electron chi connectivity index (χ2n) is 4.00. The van der Waals surface area contributed by atoms with E-state index in [2.05, 4.69) is 5.10 Å². The van der Waals surface area contributed by atoms with Crippen LogP contribution in [0.15, 0.2) is 35.2 Å². The fourth-order valence-electron chi connectivity index (χ4n) is 1.57. The molecule has 4 N–H and O–H groups in total. The van der Waals surface area contributed by atoms with E-state index < -0.39 is 15.7 Å². The zero-order valence-electron chi connectivity index (χ0n) is 10.1. The molecule has 1 amide bonds. The first-order valence-electron chi connectivity index (χ1n) is 5.25. The number of amides is 1. The molecule has 100 valence electrons. The molecule has 0 radical (unpaired) electrons. The normalized spacial score (nSPS) is 11.4. The molecule has 0 aliphatic rings. The molecule has 0 aliphatic heterocycles. The van der Waals surface area contributed by atoms with Crippen molar-refractivity contribution in [3.05, 3.63) is 36.0 Å². The highest BCUT2D eigenvalue weighted by Gasteiger charge is 2.13. The lowest BCUT2D eigenvalue weighted by Gasteiger charge is -2.05. The van der Waals surface area contributed by atoms with E-state index in [1.165, 1.54) is 22.9 Å². The van der Waals surface area contributed by atoms with Crippen LogP contribution in [0.2, 0.25) is 0 Å². The van der Waals surface area contributed by atoms with Crippen LogP contribution in [-0.2, 0) is 9.84 Å². The average molecular weight is 280 g/mol. The summed E-state index contributed by atoms with van der Waals surface area (Å²) in [5, 5.41) is 3.93. The maximum Gasteiger partial charge on any atom is 0.269 e. The van der Waals surface area contributed by atoms with Crippen molar-refractivity contribution in [1.29, 1.82) is 0 Å². The molecule has 0 bridgehead atoms. The number of carbonyl (C=O) groups is 1. The summed E-state index contributed by atoms with van der Waals surface area (Å²) in [6.07, 6.45) is 1.10. The number of nitrogen functional groups attached to an aromatic ring is 1. The lowest BCUT2D eigenvalue weighted by atomic mass is 10.3. The van der Waals surface area contributed by atoms with Gasteiger partial charge in [-0.25, -0.2) is 13.1 Å². The number of benzene rings is 1. The van der Waals surface area contributed by atoms with Gasteiger partial charge in [-0.2, -0.15) is 5.10 Å². The fourth-order valence-corrected chi connectivity index (χ4v) is 2.23. The van der Waals surface area contributed by atoms with Crippen LogP contribution in [0.4, 0.5) is 5.82 Å². The van der Waals surface area contributed by atoms with Gasteiger partial charge < -0.3 is 11.5 Å². The highest BCUT2D eigenvalue weighted by molar-refractivity contribution is 7.90. The Hall–Kier alpha value is -2.35. The van der Waals surface area contributed by atoms with Gasteiger partial charge in [-0.05, 0) is 18.2 Å². The summed E-state index contributed by atoms with van der Waals surface area (Å²) in [5.41, 5.74) is 11.3. The Kier molecular flexibility index (Phi) is 3.03. The van der Waals surface area contributed by atoms with E-state index >= 15 is 0 Å². The van der Waals surface area contributed by atoms with Gasteiger partial charge in [0.25, 0.3) is 5.91 Å². The van der Waals surface area contributed by atoms with E-state index in [1.807, 2.05) is 0 Å². The van der Waals surface area contributed by atoms with E-state index in [4.69, 9.17) is 11.5 Å². The number of anilines is 1. The third-order valence-corrected chi connectivity index (χ3v) is 3.59. The third-order valence-electron chi connectivity index (χ3n) is 2.48. The van der Waals surface area contributed by atoms with Crippen molar-refractivity contribution in [2.24, 2.45) is 5.73 Å². The quantitative estimate of drug-likeness (QED) is 0.816. The van der Waals surface area contributed by atoms with Crippen LogP contribution in [0.5, 0.6) is 0 Å². The van der Waals surface area contributed by atoms with Gasteiger partial charge in [0.15, 0.2) is 15.5 Å². The van der Waals surface area contributed by atoms with Crippen molar-refractivity contribution in [3.63, 3.8) is 0 Å². The second kappa shape index (κ2) is 4.39. The first-order chi connectivity index (χ1) is 8.79. The topological polar surface area (TPSA) is 121 Å². The highest BCUT2D eigenvalue weighted by Crippen LogP contribution is 2.18. The van der Waals surface area contributed by atoms with Gasteiger partial charge in [0.2, 0.25) is 0 Å². The number of hydrogen-bond donors (Lipinski definition) is 2. The van der Waals surface area contributed by atoms with Gasteiger partial charge in [0.1, 0.15) is 5.82 Å². The molecule has 8 heteroatoms. The molecule has 0 fully saturated rings. The highest BCUT2D eigenvalue weighted by atomic mass is 32.2. The number of rotatable bonds is 3. The molecule has 7 nitrogen and oxygen atoms in total. The van der Waals surface area contributed by atoms with Crippen LogP contribution in [0.25, 0.3) is 5.69 Å². The minimum Gasteiger partial charge on any atom is -0.384 e. The van der Waals surface area contributed by atoms with E-state index in [9.17, 15) is 13.2 Å². The summed E-state index contributed by atoms with van der Waals surface area (Å²) < 4.78 is 24.2. The molecular weight excluding hydrogens is 268 g/mol. The summed E-state index contributed by atoms with van der Waals surface area (Å²) in [6.45, 7) is 0. The molecule has 2 aromatic rings. The predicted molar refractivity (Wildman–Crippen MR) is 69.6 cm³/mol. The maximum absolute atomic E-state index is 11.5. The largest absolute Gasteiger partial charge is 0.384 e. The number of carbonyl (C=O) groups excluding carboxylic acids is 1. The van der Waals surface area contributed by atoms with Crippen molar-refractivity contribution < 1.29 is 13.2 Å². The Bertz CT molecular complexity index is 749. The number of hydrogen-bond acceptors (Lipinski definition) is 5. The zero-order valence-corrected chi connectivity index (χ0v) is 10.9. The van der Waals surface area contributed by atoms with Gasteiger partial charge >= 0.3 is 0 Å². The first kappa shape index (κ1) is 13.1. The second-order valence-corrected chi connectivity index (χ2v) is 6.02. The van der Waals surface area contributed by atoms with Crippen molar-refractivity contribution in [1.82, 2.24) is 9.78 Å². The number of primary amides is 1. The molecule has 0 spiro atoms. The lowest BCUT2D eigenvalue weighted by molar-refractivity contribution is 0.0995. The minimum atomic E-state index is -3.33. The maximum atomic E-state index is 11.5. The van der Waals surface area contributed by atoms with Crippen molar-refractivity contribution in [2.75, 3.05) is 12.0 Å². The number of sulfone groups is 1. The summed E-state index contributed by atoms with van der Waals surface area (Å²) in [7, 11) is -3.33. The summed E-state index contributed by atoms with van der Waals surface area (Å²) in [5.74, 6) is -0.510. The predicted octanol–water partition coefficient (Wildman–Crippen LogP) is -0.0431. The molecule has 2 rings (SSSR count). The van der Waals surface area contributed by atoms with Gasteiger partial charge in [0, 0.05) is 12.3 Å². The smallest absolute Gasteiger partial charge is 0.269 e. The molecule has 1 aromatic carbocycles. The molecule has 0 atom stereocenters. The molecule has 1 aromatic heterocycles. The first-order valence-corrected chi connectivity index (χ1v) is 7.14. The Labute approximate surface area is 109 Å². The van der Waals surface area contributed by atoms with Crippen LogP contribution in [0, 0.1) is 0 Å². The van der Waals surface area contributed by atoms with Crippen LogP contribution in [-0.4, -0.2) is 30.4 Å². The van der Waals surface area contributed by atoms with Crippen molar-refractivity contribution >= 4 is 21.6 Å². The molecule has 0 saturated carbocycles. The third kappa shape index (κ3) is 2.58. The summed E-state index contributed by atoms with van der Waals surface area (Å²) >= 11 is 0. The molecule has 1 heterocycles. The van der Waals surface area contributed by atoms with E-state index in [-0.39, 0.29) is 16.4 Å². The van der Waals surface area contributed by atoms with Crippen LogP contribution in [0.1, 0.15) is 10.5 Å². The van der Waals surface area contributed by atoms with Gasteiger partial charge in [-0.3, -0.25) is 4.79 Å². The van der Waals surface area contributed by atoms with Crippen molar-refractivity contribution in [3.8, 4) is 5.69 Å². The Balaban J connectivity index is 2.57. The fraction of sp³-hybridized carbons (Fsp3) is 0.0909. The molecular formula is C11H12N4O3S. The monoisotopic (exact) mass is 280 g/mol. The number of nitrogens with two attached hydrogens (primary N) is 2. The van der Waals surface area contributed by atoms with Crippen molar-refractivity contribution in [2.45, 2.75) is 4.90 Å². The molecule has 0 aliphatic carbocycles. The molecule has 0 unspecified atom stereocenters.